The number of hydrogen-bond donors (Lipinski definition) is 0. The van der Waals surface area contributed by atoms with E-state index in [9.17, 15) is 9.18 Å². The van der Waals surface area contributed by atoms with Crippen LogP contribution in [-0.2, 0) is 0 Å². The molecule has 0 N–H and O–H groups in total. The van der Waals surface area contributed by atoms with Gasteiger partial charge in [0.05, 0.1) is 18.8 Å². The molecule has 0 unspecified atom stereocenters. The van der Waals surface area contributed by atoms with Gasteiger partial charge in [0.2, 0.25) is 0 Å². The lowest BCUT2D eigenvalue weighted by Crippen LogP contribution is -2.23. The van der Waals surface area contributed by atoms with Crippen molar-refractivity contribution in [3.63, 3.8) is 0 Å². The molecular formula is C17H12FN3O. The fourth-order valence-corrected chi connectivity index (χ4v) is 2.33. The number of carbonyl (C=O) groups excluding carboxylic acids is 1. The summed E-state index contributed by atoms with van der Waals surface area (Å²) >= 11 is 0. The lowest BCUT2D eigenvalue weighted by molar-refractivity contribution is 0.0778. The van der Waals surface area contributed by atoms with Gasteiger partial charge >= 0.3 is 0 Å². The van der Waals surface area contributed by atoms with E-state index in [1.807, 2.05) is 6.07 Å². The standard InChI is InChI=1S/C17H12FN3O/c1-19-15-7-3-4-12(11-15)16-8-9-21(20-16)17(22)13-5-2-6-14(18)10-13/h2-7,10-11H,8-9H2. The number of benzene rings is 2. The minimum Gasteiger partial charge on any atom is -0.267 e. The summed E-state index contributed by atoms with van der Waals surface area (Å²) in [5, 5.41) is 5.66. The molecule has 0 saturated carbocycles. The first-order chi connectivity index (χ1) is 10.7. The van der Waals surface area contributed by atoms with E-state index in [-0.39, 0.29) is 11.5 Å². The lowest BCUT2D eigenvalue weighted by atomic mass is 10.1. The summed E-state index contributed by atoms with van der Waals surface area (Å²) in [6, 6.07) is 12.7. The molecule has 0 aliphatic carbocycles. The first-order valence-electron chi connectivity index (χ1n) is 6.80. The smallest absolute Gasteiger partial charge is 0.267 e. The zero-order valence-electron chi connectivity index (χ0n) is 11.7. The van der Waals surface area contributed by atoms with Crippen LogP contribution < -0.4 is 0 Å². The van der Waals surface area contributed by atoms with E-state index in [1.54, 1.807) is 24.3 Å². The van der Waals surface area contributed by atoms with Gasteiger partial charge in [0.1, 0.15) is 5.82 Å². The first kappa shape index (κ1) is 14.0. The predicted octanol–water partition coefficient (Wildman–Crippen LogP) is 3.63. The van der Waals surface area contributed by atoms with Crippen LogP contribution in [0, 0.1) is 12.4 Å². The highest BCUT2D eigenvalue weighted by molar-refractivity contribution is 6.04. The summed E-state index contributed by atoms with van der Waals surface area (Å²) in [5.74, 6) is -0.769. The summed E-state index contributed by atoms with van der Waals surface area (Å²) in [5.41, 5.74) is 2.41. The van der Waals surface area contributed by atoms with Gasteiger partial charge in [-0.15, -0.1) is 0 Å². The maximum Gasteiger partial charge on any atom is 0.274 e. The molecule has 0 bridgehead atoms. The molecule has 3 rings (SSSR count). The molecule has 1 aliphatic rings. The number of nitrogens with zero attached hydrogens (tertiary/aromatic N) is 3. The van der Waals surface area contributed by atoms with E-state index < -0.39 is 5.82 Å². The minimum atomic E-state index is -0.445. The quantitative estimate of drug-likeness (QED) is 0.779. The van der Waals surface area contributed by atoms with Crippen LogP contribution in [-0.4, -0.2) is 23.2 Å². The van der Waals surface area contributed by atoms with E-state index in [4.69, 9.17) is 6.57 Å². The Morgan fingerprint density at radius 2 is 2.05 bits per heavy atom. The number of carbonyl (C=O) groups is 1. The summed E-state index contributed by atoms with van der Waals surface area (Å²) < 4.78 is 13.2. The van der Waals surface area contributed by atoms with Crippen LogP contribution in [0.5, 0.6) is 0 Å². The van der Waals surface area contributed by atoms with Crippen molar-refractivity contribution in [2.75, 3.05) is 6.54 Å². The molecule has 2 aromatic rings. The van der Waals surface area contributed by atoms with Crippen molar-refractivity contribution in [1.29, 1.82) is 0 Å². The molecule has 0 spiro atoms. The number of hydrazone groups is 1. The van der Waals surface area contributed by atoms with Gasteiger partial charge in [-0.1, -0.05) is 24.3 Å². The molecule has 22 heavy (non-hydrogen) atoms. The number of hydrogen-bond acceptors (Lipinski definition) is 2. The monoisotopic (exact) mass is 293 g/mol. The topological polar surface area (TPSA) is 37.0 Å². The van der Waals surface area contributed by atoms with Crippen LogP contribution in [0.25, 0.3) is 4.85 Å². The molecule has 0 aromatic heterocycles. The van der Waals surface area contributed by atoms with Crippen LogP contribution >= 0.6 is 0 Å². The Morgan fingerprint density at radius 1 is 1.23 bits per heavy atom. The zero-order valence-corrected chi connectivity index (χ0v) is 11.7. The van der Waals surface area contributed by atoms with Crippen molar-refractivity contribution in [3.8, 4) is 0 Å². The van der Waals surface area contributed by atoms with E-state index in [2.05, 4.69) is 9.95 Å². The van der Waals surface area contributed by atoms with Crippen LogP contribution in [0.15, 0.2) is 53.6 Å². The highest BCUT2D eigenvalue weighted by Crippen LogP contribution is 2.20. The molecule has 4 nitrogen and oxygen atoms in total. The molecule has 0 fully saturated rings. The van der Waals surface area contributed by atoms with Crippen molar-refractivity contribution in [2.24, 2.45) is 5.10 Å². The fraction of sp³-hybridized carbons (Fsp3) is 0.118. The molecule has 5 heteroatoms. The normalized spacial score (nSPS) is 13.6. The third-order valence-electron chi connectivity index (χ3n) is 3.42. The summed E-state index contributed by atoms with van der Waals surface area (Å²) in [6.45, 7) is 7.49. The Bertz CT molecular complexity index is 808. The first-order valence-corrected chi connectivity index (χ1v) is 6.80. The van der Waals surface area contributed by atoms with Crippen LogP contribution in [0.3, 0.4) is 0 Å². The maximum absolute atomic E-state index is 13.2. The lowest BCUT2D eigenvalue weighted by Gasteiger charge is -2.11. The van der Waals surface area contributed by atoms with Gasteiger partial charge < -0.3 is 0 Å². The molecule has 1 heterocycles. The highest BCUT2D eigenvalue weighted by Gasteiger charge is 2.23. The van der Waals surface area contributed by atoms with Crippen LogP contribution in [0.1, 0.15) is 22.3 Å². The van der Waals surface area contributed by atoms with Crippen molar-refractivity contribution in [3.05, 3.63) is 76.9 Å². The van der Waals surface area contributed by atoms with Crippen LogP contribution in [0.2, 0.25) is 0 Å². The van der Waals surface area contributed by atoms with Crippen molar-refractivity contribution in [1.82, 2.24) is 5.01 Å². The maximum atomic E-state index is 13.2. The molecule has 0 atom stereocenters. The van der Waals surface area contributed by atoms with Crippen molar-refractivity contribution in [2.45, 2.75) is 6.42 Å². The van der Waals surface area contributed by atoms with Gasteiger partial charge in [0, 0.05) is 12.0 Å². The van der Waals surface area contributed by atoms with E-state index in [0.717, 1.165) is 11.3 Å². The Morgan fingerprint density at radius 3 is 2.82 bits per heavy atom. The molecule has 108 valence electrons. The Kier molecular flexibility index (Phi) is 3.67. The van der Waals surface area contributed by atoms with Gasteiger partial charge in [-0.3, -0.25) is 4.79 Å². The van der Waals surface area contributed by atoms with E-state index >= 15 is 0 Å². The second-order valence-corrected chi connectivity index (χ2v) is 4.90. The average Bonchev–Trinajstić information content (AvgIpc) is 3.04. The van der Waals surface area contributed by atoms with Crippen LogP contribution in [0.4, 0.5) is 10.1 Å². The molecule has 1 aliphatic heterocycles. The van der Waals surface area contributed by atoms with Crippen molar-refractivity contribution >= 4 is 17.3 Å². The van der Waals surface area contributed by atoms with Gasteiger partial charge in [0.25, 0.3) is 5.91 Å². The van der Waals surface area contributed by atoms with Gasteiger partial charge in [-0.05, 0) is 29.8 Å². The Balaban J connectivity index is 1.85. The molecule has 0 saturated heterocycles. The van der Waals surface area contributed by atoms with Gasteiger partial charge in [0.15, 0.2) is 5.69 Å². The predicted molar refractivity (Wildman–Crippen MR) is 81.3 cm³/mol. The van der Waals surface area contributed by atoms with Crippen molar-refractivity contribution < 1.29 is 9.18 Å². The minimum absolute atomic E-state index is 0.278. The van der Waals surface area contributed by atoms with E-state index in [1.165, 1.54) is 23.2 Å². The SMILES string of the molecule is [C-]#[N+]c1cccc(C2=NN(C(=O)c3cccc(F)c3)CC2)c1. The summed E-state index contributed by atoms with van der Waals surface area (Å²) in [7, 11) is 0. The largest absolute Gasteiger partial charge is 0.274 e. The third kappa shape index (κ3) is 2.72. The molecule has 2 aromatic carbocycles. The number of amides is 1. The third-order valence-corrected chi connectivity index (χ3v) is 3.42. The van der Waals surface area contributed by atoms with Gasteiger partial charge in [-0.2, -0.15) is 5.10 Å². The van der Waals surface area contributed by atoms with Gasteiger partial charge in [-0.25, -0.2) is 14.2 Å². The average molecular weight is 293 g/mol. The zero-order chi connectivity index (χ0) is 15.5. The Labute approximate surface area is 127 Å². The summed E-state index contributed by atoms with van der Waals surface area (Å²) in [6.07, 6.45) is 0.614. The Hall–Kier alpha value is -3.00. The fourth-order valence-electron chi connectivity index (χ4n) is 2.33. The summed E-state index contributed by atoms with van der Waals surface area (Å²) in [4.78, 5) is 15.7. The second-order valence-electron chi connectivity index (χ2n) is 4.90. The molecular weight excluding hydrogens is 281 g/mol. The molecule has 0 radical (unpaired) electrons. The number of halogens is 1. The highest BCUT2D eigenvalue weighted by atomic mass is 19.1. The second kappa shape index (κ2) is 5.78. The molecule has 1 amide bonds. The number of rotatable bonds is 2. The van der Waals surface area contributed by atoms with E-state index in [0.29, 0.717) is 18.7 Å².